The van der Waals surface area contributed by atoms with Gasteiger partial charge >= 0.3 is 6.18 Å². The highest BCUT2D eigenvalue weighted by Gasteiger charge is 2.37. The number of likely N-dealkylation sites (N-methyl/N-ethyl adjacent to an activating group) is 1. The quantitative estimate of drug-likeness (QED) is 0.231. The highest BCUT2D eigenvalue weighted by molar-refractivity contribution is 14.1. The van der Waals surface area contributed by atoms with Crippen LogP contribution in [-0.4, -0.2) is 84.2 Å². The first kappa shape index (κ1) is 31.4. The zero-order valence-corrected chi connectivity index (χ0v) is 26.5. The predicted molar refractivity (Wildman–Crippen MR) is 165 cm³/mol. The van der Waals surface area contributed by atoms with E-state index in [2.05, 4.69) is 67.6 Å². The van der Waals surface area contributed by atoms with E-state index in [0.29, 0.717) is 21.7 Å². The van der Waals surface area contributed by atoms with Crippen LogP contribution in [-0.2, 0) is 6.18 Å². The maximum absolute atomic E-state index is 13.6. The highest BCUT2D eigenvalue weighted by atomic mass is 127. The molecule has 1 unspecified atom stereocenters. The van der Waals surface area contributed by atoms with Gasteiger partial charge in [-0.2, -0.15) is 13.2 Å². The van der Waals surface area contributed by atoms with Gasteiger partial charge in [-0.3, -0.25) is 9.69 Å². The van der Waals surface area contributed by atoms with Crippen LogP contribution in [0, 0.1) is 3.57 Å². The zero-order valence-electron chi connectivity index (χ0n) is 24.3. The van der Waals surface area contributed by atoms with Gasteiger partial charge in [-0.05, 0) is 73.2 Å². The van der Waals surface area contributed by atoms with Gasteiger partial charge in [0.2, 0.25) is 5.82 Å². The minimum absolute atomic E-state index is 0.221. The van der Waals surface area contributed by atoms with Crippen molar-refractivity contribution in [3.63, 3.8) is 0 Å². The average molecular weight is 684 g/mol. The van der Waals surface area contributed by atoms with Crippen LogP contribution in [0.5, 0.6) is 0 Å². The Hall–Kier alpha value is -2.51. The molecule has 3 aromatic rings. The maximum Gasteiger partial charge on any atom is 0.451 e. The van der Waals surface area contributed by atoms with Crippen molar-refractivity contribution in [2.24, 2.45) is 0 Å². The monoisotopic (exact) mass is 683 g/mol. The molecule has 4 rings (SSSR count). The SMILES string of the molecule is CC[N+](C)(CC)C(CNC(=O)c1cccc2c(I)c(N3CCN(C(C)C)CC3)ccc12)c1cnc(C(F)(F)F)nc1. The predicted octanol–water partition coefficient (Wildman–Crippen LogP) is 5.74. The van der Waals surface area contributed by atoms with Crippen molar-refractivity contribution in [1.29, 1.82) is 0 Å². The Labute approximate surface area is 253 Å². The number of carbonyl (C=O) groups is 1. The number of hydrogen-bond acceptors (Lipinski definition) is 5. The number of rotatable bonds is 9. The van der Waals surface area contributed by atoms with Crippen molar-refractivity contribution in [2.75, 3.05) is 57.8 Å². The second kappa shape index (κ2) is 12.8. The Kier molecular flexibility index (Phi) is 9.80. The summed E-state index contributed by atoms with van der Waals surface area (Å²) < 4.78 is 40.8. The standard InChI is InChI=1S/C30H38F3IN6O/c1-6-40(5,7-2)26(21-17-36-29(37-18-21)30(31,32)33)19-35-28(41)24-10-8-9-23-22(24)11-12-25(27(23)34)39-15-13-38(14-16-39)20(3)4/h8-12,17-18,20,26H,6-7,13-16,19H2,1-5H3/p+1. The fourth-order valence-electron chi connectivity index (χ4n) is 5.53. The first-order chi connectivity index (χ1) is 19.4. The third-order valence-corrected chi connectivity index (χ3v) is 9.70. The molecule has 1 saturated heterocycles. The van der Waals surface area contributed by atoms with Crippen molar-refractivity contribution < 1.29 is 22.4 Å². The lowest BCUT2D eigenvalue weighted by molar-refractivity contribution is -0.935. The molecule has 222 valence electrons. The Balaban J connectivity index is 1.57. The van der Waals surface area contributed by atoms with E-state index in [1.54, 1.807) is 0 Å². The van der Waals surface area contributed by atoms with Gasteiger partial charge in [0.15, 0.2) is 0 Å². The summed E-state index contributed by atoms with van der Waals surface area (Å²) in [7, 11) is 2.03. The van der Waals surface area contributed by atoms with Crippen molar-refractivity contribution in [3.05, 3.63) is 63.2 Å². The highest BCUT2D eigenvalue weighted by Crippen LogP contribution is 2.33. The molecule has 0 saturated carbocycles. The second-order valence-corrected chi connectivity index (χ2v) is 12.2. The van der Waals surface area contributed by atoms with Gasteiger partial charge in [0.25, 0.3) is 5.91 Å². The van der Waals surface area contributed by atoms with Crippen LogP contribution < -0.4 is 10.2 Å². The molecule has 2 heterocycles. The second-order valence-electron chi connectivity index (χ2n) is 11.1. The number of fused-ring (bicyclic) bond motifs is 1. The number of halogens is 4. The van der Waals surface area contributed by atoms with Gasteiger partial charge in [-0.1, -0.05) is 18.2 Å². The molecule has 1 N–H and O–H groups in total. The molecule has 0 aliphatic carbocycles. The van der Waals surface area contributed by atoms with E-state index in [1.165, 1.54) is 18.1 Å². The summed E-state index contributed by atoms with van der Waals surface area (Å²) >= 11 is 2.38. The van der Waals surface area contributed by atoms with E-state index in [9.17, 15) is 18.0 Å². The number of quaternary nitrogens is 1. The third kappa shape index (κ3) is 6.77. The lowest BCUT2D eigenvalue weighted by Crippen LogP contribution is -2.51. The van der Waals surface area contributed by atoms with Crippen LogP contribution in [0.1, 0.15) is 55.5 Å². The molecule has 1 amide bonds. The van der Waals surface area contributed by atoms with E-state index in [4.69, 9.17) is 0 Å². The molecule has 1 fully saturated rings. The van der Waals surface area contributed by atoms with Crippen molar-refractivity contribution in [1.82, 2.24) is 20.2 Å². The van der Waals surface area contributed by atoms with Gasteiger partial charge in [-0.25, -0.2) is 9.97 Å². The number of benzene rings is 2. The molecule has 1 aliphatic heterocycles. The molecular formula is C30H39F3IN6O+. The van der Waals surface area contributed by atoms with E-state index < -0.39 is 12.0 Å². The van der Waals surface area contributed by atoms with Gasteiger partial charge < -0.3 is 14.7 Å². The molecule has 0 radical (unpaired) electrons. The normalized spacial score (nSPS) is 15.9. The van der Waals surface area contributed by atoms with Crippen LogP contribution in [0.3, 0.4) is 0 Å². The maximum atomic E-state index is 13.6. The van der Waals surface area contributed by atoms with E-state index in [-0.39, 0.29) is 18.5 Å². The van der Waals surface area contributed by atoms with Crippen molar-refractivity contribution >= 4 is 45.0 Å². The number of alkyl halides is 3. The summed E-state index contributed by atoms with van der Waals surface area (Å²) in [6.07, 6.45) is -2.14. The number of hydrogen-bond donors (Lipinski definition) is 1. The molecule has 1 aromatic heterocycles. The molecular weight excluding hydrogens is 644 g/mol. The Morgan fingerprint density at radius 1 is 1.02 bits per heavy atom. The van der Waals surface area contributed by atoms with Crippen LogP contribution in [0.15, 0.2) is 42.7 Å². The summed E-state index contributed by atoms with van der Waals surface area (Å²) in [6, 6.07) is 10.1. The fourth-order valence-corrected chi connectivity index (χ4v) is 6.53. The van der Waals surface area contributed by atoms with Gasteiger partial charge in [0.1, 0.15) is 6.04 Å². The zero-order chi connectivity index (χ0) is 29.9. The van der Waals surface area contributed by atoms with E-state index in [1.807, 2.05) is 45.2 Å². The molecule has 2 aromatic carbocycles. The van der Waals surface area contributed by atoms with Crippen molar-refractivity contribution in [2.45, 2.75) is 46.0 Å². The molecule has 0 spiro atoms. The number of piperazine rings is 1. The minimum atomic E-state index is -4.61. The number of carbonyl (C=O) groups excluding carboxylic acids is 1. The molecule has 1 atom stereocenters. The van der Waals surface area contributed by atoms with E-state index >= 15 is 0 Å². The van der Waals surface area contributed by atoms with Crippen LogP contribution in [0.4, 0.5) is 18.9 Å². The summed E-state index contributed by atoms with van der Waals surface area (Å²) in [5.74, 6) is -1.39. The number of anilines is 1. The van der Waals surface area contributed by atoms with Crippen LogP contribution in [0.25, 0.3) is 10.8 Å². The number of aromatic nitrogens is 2. The Morgan fingerprint density at radius 3 is 2.22 bits per heavy atom. The van der Waals surface area contributed by atoms with E-state index in [0.717, 1.165) is 53.6 Å². The fraction of sp³-hybridized carbons (Fsp3) is 0.500. The lowest BCUT2D eigenvalue weighted by atomic mass is 10.0. The Bertz CT molecular complexity index is 1350. The number of amides is 1. The first-order valence-electron chi connectivity index (χ1n) is 14.1. The van der Waals surface area contributed by atoms with Crippen LogP contribution in [0.2, 0.25) is 0 Å². The van der Waals surface area contributed by atoms with Gasteiger partial charge in [0, 0.05) is 59.3 Å². The molecule has 11 heteroatoms. The smallest absolute Gasteiger partial charge is 0.368 e. The average Bonchev–Trinajstić information content (AvgIpc) is 2.96. The molecule has 0 bridgehead atoms. The Morgan fingerprint density at radius 2 is 1.66 bits per heavy atom. The largest absolute Gasteiger partial charge is 0.451 e. The molecule has 1 aliphatic rings. The van der Waals surface area contributed by atoms with Gasteiger partial charge in [-0.15, -0.1) is 0 Å². The van der Waals surface area contributed by atoms with Gasteiger partial charge in [0.05, 0.1) is 32.4 Å². The number of nitrogens with one attached hydrogen (secondary N) is 1. The molecule has 41 heavy (non-hydrogen) atoms. The topological polar surface area (TPSA) is 61.4 Å². The summed E-state index contributed by atoms with van der Waals surface area (Å²) in [4.78, 5) is 25.6. The molecule has 7 nitrogen and oxygen atoms in total. The summed E-state index contributed by atoms with van der Waals surface area (Å²) in [6.45, 7) is 14.1. The van der Waals surface area contributed by atoms with Crippen LogP contribution >= 0.6 is 22.6 Å². The summed E-state index contributed by atoms with van der Waals surface area (Å²) in [5, 5.41) is 4.97. The minimum Gasteiger partial charge on any atom is -0.368 e. The first-order valence-corrected chi connectivity index (χ1v) is 15.2. The van der Waals surface area contributed by atoms with Crippen molar-refractivity contribution in [3.8, 4) is 0 Å². The summed E-state index contributed by atoms with van der Waals surface area (Å²) in [5.41, 5.74) is 2.31. The number of nitrogens with zero attached hydrogens (tertiary/aromatic N) is 5. The lowest BCUT2D eigenvalue weighted by Gasteiger charge is -2.40. The third-order valence-electron chi connectivity index (χ3n) is 8.57.